The number of benzene rings is 2. The van der Waals surface area contributed by atoms with E-state index in [1.165, 1.54) is 11.1 Å². The van der Waals surface area contributed by atoms with E-state index >= 15 is 0 Å². The van der Waals surface area contributed by atoms with Gasteiger partial charge in [-0.3, -0.25) is 4.79 Å². The molecule has 4 rings (SSSR count). The van der Waals surface area contributed by atoms with E-state index in [1.54, 1.807) is 0 Å². The first-order valence-electron chi connectivity index (χ1n) is 11.4. The first-order valence-corrected chi connectivity index (χ1v) is 11.4. The molecule has 4 heteroatoms. The van der Waals surface area contributed by atoms with Gasteiger partial charge in [0.15, 0.2) is 0 Å². The highest BCUT2D eigenvalue weighted by Crippen LogP contribution is 2.22. The second-order valence-electron chi connectivity index (χ2n) is 8.92. The number of hydrogen-bond acceptors (Lipinski definition) is 3. The zero-order chi connectivity index (χ0) is 20.9. The molecule has 0 saturated carbocycles. The molecule has 0 N–H and O–H groups in total. The topological polar surface area (TPSA) is 32.8 Å². The van der Waals surface area contributed by atoms with Crippen molar-refractivity contribution in [1.82, 2.24) is 9.80 Å². The van der Waals surface area contributed by atoms with Gasteiger partial charge in [-0.1, -0.05) is 29.8 Å². The van der Waals surface area contributed by atoms with E-state index in [9.17, 15) is 4.79 Å². The van der Waals surface area contributed by atoms with Gasteiger partial charge in [0.2, 0.25) is 0 Å². The van der Waals surface area contributed by atoms with Crippen molar-refractivity contribution in [2.75, 3.05) is 26.2 Å². The number of ether oxygens (including phenoxy) is 1. The number of hydrogen-bond donors (Lipinski definition) is 0. The fraction of sp³-hybridized carbons (Fsp3) is 0.500. The number of carbonyl (C=O) groups is 1. The minimum Gasteiger partial charge on any atom is -0.490 e. The summed E-state index contributed by atoms with van der Waals surface area (Å²) in [6.45, 7) is 8.39. The molecule has 0 aromatic heterocycles. The van der Waals surface area contributed by atoms with Gasteiger partial charge in [-0.25, -0.2) is 0 Å². The molecule has 2 aliphatic heterocycles. The predicted octanol–water partition coefficient (Wildman–Crippen LogP) is 4.71. The van der Waals surface area contributed by atoms with Crippen LogP contribution in [0.25, 0.3) is 0 Å². The minimum absolute atomic E-state index is 0.148. The van der Waals surface area contributed by atoms with Gasteiger partial charge < -0.3 is 14.5 Å². The number of likely N-dealkylation sites (tertiary alicyclic amines) is 2. The molecule has 2 aromatic carbocycles. The highest BCUT2D eigenvalue weighted by Gasteiger charge is 2.24. The summed E-state index contributed by atoms with van der Waals surface area (Å²) in [5.41, 5.74) is 3.50. The predicted molar refractivity (Wildman–Crippen MR) is 121 cm³/mol. The summed E-state index contributed by atoms with van der Waals surface area (Å²) in [4.78, 5) is 17.0. The Kier molecular flexibility index (Phi) is 6.73. The maximum Gasteiger partial charge on any atom is 0.253 e. The van der Waals surface area contributed by atoms with Crippen molar-refractivity contribution < 1.29 is 9.53 Å². The van der Waals surface area contributed by atoms with E-state index in [-0.39, 0.29) is 12.0 Å². The summed E-state index contributed by atoms with van der Waals surface area (Å²) < 4.78 is 6.22. The Hall–Kier alpha value is -2.33. The Bertz CT molecular complexity index is 817. The van der Waals surface area contributed by atoms with E-state index in [0.717, 1.165) is 69.6 Å². The van der Waals surface area contributed by atoms with Crippen LogP contribution in [0.5, 0.6) is 5.75 Å². The van der Waals surface area contributed by atoms with E-state index < -0.39 is 0 Å². The lowest BCUT2D eigenvalue weighted by Gasteiger charge is -2.36. The smallest absolute Gasteiger partial charge is 0.253 e. The van der Waals surface area contributed by atoms with Gasteiger partial charge >= 0.3 is 0 Å². The largest absolute Gasteiger partial charge is 0.490 e. The van der Waals surface area contributed by atoms with Crippen LogP contribution in [0.3, 0.4) is 0 Å². The average Bonchev–Trinajstić information content (AvgIpc) is 3.31. The summed E-state index contributed by atoms with van der Waals surface area (Å²) in [5, 5.41) is 0. The van der Waals surface area contributed by atoms with Crippen molar-refractivity contribution in [3.05, 3.63) is 65.2 Å². The standard InChI is InChI=1S/C26H34N2O2/c1-20-5-7-22(8-6-20)19-21(2)27-17-13-25(14-18-27)30-24-11-9-23(10-12-24)26(29)28-15-3-4-16-28/h5-12,21,25H,3-4,13-19H2,1-2H3. The van der Waals surface area contributed by atoms with Gasteiger partial charge in [0, 0.05) is 37.8 Å². The second-order valence-corrected chi connectivity index (χ2v) is 8.92. The third-order valence-electron chi connectivity index (χ3n) is 6.55. The maximum atomic E-state index is 12.5. The van der Waals surface area contributed by atoms with Crippen molar-refractivity contribution in [1.29, 1.82) is 0 Å². The summed E-state index contributed by atoms with van der Waals surface area (Å²) in [6, 6.07) is 17.2. The molecular weight excluding hydrogens is 372 g/mol. The molecule has 30 heavy (non-hydrogen) atoms. The van der Waals surface area contributed by atoms with Gasteiger partial charge in [0.1, 0.15) is 11.9 Å². The Morgan fingerprint density at radius 3 is 2.23 bits per heavy atom. The number of piperidine rings is 1. The number of nitrogens with zero attached hydrogens (tertiary/aromatic N) is 2. The molecule has 2 saturated heterocycles. The summed E-state index contributed by atoms with van der Waals surface area (Å²) in [7, 11) is 0. The molecule has 1 atom stereocenters. The summed E-state index contributed by atoms with van der Waals surface area (Å²) >= 11 is 0. The zero-order valence-corrected chi connectivity index (χ0v) is 18.3. The van der Waals surface area contributed by atoms with Crippen LogP contribution in [-0.2, 0) is 6.42 Å². The lowest BCUT2D eigenvalue weighted by atomic mass is 10.0. The van der Waals surface area contributed by atoms with E-state index in [4.69, 9.17) is 4.74 Å². The fourth-order valence-corrected chi connectivity index (χ4v) is 4.60. The average molecular weight is 407 g/mol. The molecule has 0 spiro atoms. The molecule has 2 fully saturated rings. The van der Waals surface area contributed by atoms with Gasteiger partial charge in [-0.2, -0.15) is 0 Å². The Morgan fingerprint density at radius 1 is 0.967 bits per heavy atom. The highest BCUT2D eigenvalue weighted by atomic mass is 16.5. The van der Waals surface area contributed by atoms with Crippen LogP contribution in [0.1, 0.15) is 54.1 Å². The molecule has 2 aliphatic rings. The lowest BCUT2D eigenvalue weighted by Crippen LogP contribution is -2.43. The monoisotopic (exact) mass is 406 g/mol. The molecule has 0 aliphatic carbocycles. The molecule has 1 unspecified atom stereocenters. The van der Waals surface area contributed by atoms with Crippen LogP contribution >= 0.6 is 0 Å². The highest BCUT2D eigenvalue weighted by molar-refractivity contribution is 5.94. The van der Waals surface area contributed by atoms with E-state index in [0.29, 0.717) is 6.04 Å². The van der Waals surface area contributed by atoms with Gasteiger partial charge in [-0.15, -0.1) is 0 Å². The number of aryl methyl sites for hydroxylation is 1. The van der Waals surface area contributed by atoms with E-state index in [2.05, 4.69) is 43.0 Å². The maximum absolute atomic E-state index is 12.5. The lowest BCUT2D eigenvalue weighted by molar-refractivity contribution is 0.0789. The van der Waals surface area contributed by atoms with Crippen molar-refractivity contribution in [2.24, 2.45) is 0 Å². The third kappa shape index (κ3) is 5.23. The van der Waals surface area contributed by atoms with Gasteiger partial charge in [-0.05, 0) is 75.8 Å². The van der Waals surface area contributed by atoms with Gasteiger partial charge in [0.25, 0.3) is 5.91 Å². The molecule has 0 bridgehead atoms. The first kappa shape index (κ1) is 20.9. The summed E-state index contributed by atoms with van der Waals surface area (Å²) in [5.74, 6) is 1.02. The molecule has 2 aromatic rings. The molecule has 0 radical (unpaired) electrons. The van der Waals surface area contributed by atoms with Crippen LogP contribution < -0.4 is 4.74 Å². The van der Waals surface area contributed by atoms with Crippen molar-refractivity contribution in [3.8, 4) is 5.75 Å². The molecular formula is C26H34N2O2. The number of carbonyl (C=O) groups excluding carboxylic acids is 1. The third-order valence-corrected chi connectivity index (χ3v) is 6.55. The fourth-order valence-electron chi connectivity index (χ4n) is 4.60. The van der Waals surface area contributed by atoms with Crippen molar-refractivity contribution >= 4 is 5.91 Å². The Morgan fingerprint density at radius 2 is 1.60 bits per heavy atom. The van der Waals surface area contributed by atoms with Crippen LogP contribution in [-0.4, -0.2) is 54.0 Å². The molecule has 1 amide bonds. The number of rotatable bonds is 6. The van der Waals surface area contributed by atoms with Crippen LogP contribution in [0.15, 0.2) is 48.5 Å². The van der Waals surface area contributed by atoms with Gasteiger partial charge in [0.05, 0.1) is 0 Å². The SMILES string of the molecule is Cc1ccc(CC(C)N2CCC(Oc3ccc(C(=O)N4CCCC4)cc3)CC2)cc1. The zero-order valence-electron chi connectivity index (χ0n) is 18.3. The first-order chi connectivity index (χ1) is 14.6. The van der Waals surface area contributed by atoms with Crippen LogP contribution in [0.2, 0.25) is 0 Å². The quantitative estimate of drug-likeness (QED) is 0.697. The van der Waals surface area contributed by atoms with Crippen LogP contribution in [0, 0.1) is 6.92 Å². The van der Waals surface area contributed by atoms with E-state index in [1.807, 2.05) is 29.2 Å². The van der Waals surface area contributed by atoms with Crippen LogP contribution in [0.4, 0.5) is 0 Å². The minimum atomic E-state index is 0.148. The Labute approximate surface area is 180 Å². The molecule has 160 valence electrons. The number of amides is 1. The Balaban J connectivity index is 1.24. The molecule has 4 nitrogen and oxygen atoms in total. The van der Waals surface area contributed by atoms with Crippen molar-refractivity contribution in [3.63, 3.8) is 0 Å². The normalized spacial score (nSPS) is 19.1. The molecule has 2 heterocycles. The van der Waals surface area contributed by atoms with Crippen molar-refractivity contribution in [2.45, 2.75) is 58.1 Å². The summed E-state index contributed by atoms with van der Waals surface area (Å²) in [6.07, 6.45) is 5.69. The second kappa shape index (κ2) is 9.65.